The summed E-state index contributed by atoms with van der Waals surface area (Å²) in [4.78, 5) is 0. The zero-order valence-corrected chi connectivity index (χ0v) is 28.0. The minimum Gasteiger partial charge on any atom is -0.456 e. The maximum Gasteiger partial charge on any atom is 0.136 e. The van der Waals surface area contributed by atoms with Crippen molar-refractivity contribution >= 4 is 71.1 Å². The third kappa shape index (κ3) is 4.48. The summed E-state index contributed by atoms with van der Waals surface area (Å²) in [5.74, 6) is 0. The quantitative estimate of drug-likeness (QED) is 0.174. The summed E-state index contributed by atoms with van der Waals surface area (Å²) in [6.07, 6.45) is 6.72. The number of allylic oxidation sites excluding steroid dienone is 1. The molecule has 11 rings (SSSR count). The molecule has 1 heterocycles. The maximum absolute atomic E-state index is 6.52. The Balaban J connectivity index is 1.18. The average molecular weight is 649 g/mol. The molecule has 9 aromatic carbocycles. The van der Waals surface area contributed by atoms with Crippen LogP contribution in [0.4, 0.5) is 0 Å². The van der Waals surface area contributed by atoms with Gasteiger partial charge in [0, 0.05) is 10.8 Å². The first-order valence-corrected chi connectivity index (χ1v) is 17.9. The second kappa shape index (κ2) is 11.0. The fourth-order valence-electron chi connectivity index (χ4n) is 8.56. The molecule has 0 saturated carbocycles. The molecule has 51 heavy (non-hydrogen) atoms. The Bertz CT molecular complexity index is 3080. The Labute approximate surface area is 295 Å². The van der Waals surface area contributed by atoms with E-state index in [1.165, 1.54) is 82.0 Å². The first kappa shape index (κ1) is 28.4. The van der Waals surface area contributed by atoms with Crippen LogP contribution in [0, 0.1) is 0 Å². The number of furan rings is 1. The van der Waals surface area contributed by atoms with Crippen LogP contribution in [0.15, 0.2) is 168 Å². The summed E-state index contributed by atoms with van der Waals surface area (Å²) in [5, 5.41) is 12.3. The fraction of sp³-hybridized carbons (Fsp3) is 0.0400. The Hall–Kier alpha value is -6.44. The number of fused-ring (bicyclic) bond motifs is 8. The van der Waals surface area contributed by atoms with Gasteiger partial charge in [-0.15, -0.1) is 0 Å². The van der Waals surface area contributed by atoms with Gasteiger partial charge < -0.3 is 4.42 Å². The minimum absolute atomic E-state index is 0.913. The van der Waals surface area contributed by atoms with Crippen molar-refractivity contribution in [1.82, 2.24) is 0 Å². The summed E-state index contributed by atoms with van der Waals surface area (Å²) in [5.41, 5.74) is 12.0. The number of aryl methyl sites for hydroxylation is 1. The van der Waals surface area contributed by atoms with E-state index in [0.717, 1.165) is 40.3 Å². The highest BCUT2D eigenvalue weighted by Gasteiger charge is 2.19. The molecule has 0 N–H and O–H groups in total. The van der Waals surface area contributed by atoms with Crippen molar-refractivity contribution < 1.29 is 4.42 Å². The summed E-state index contributed by atoms with van der Waals surface area (Å²) >= 11 is 0. The molecule has 0 unspecified atom stereocenters. The van der Waals surface area contributed by atoms with Crippen LogP contribution in [-0.2, 0) is 6.42 Å². The minimum atomic E-state index is 0.913. The number of hydrogen-bond acceptors (Lipinski definition) is 1. The Morgan fingerprint density at radius 1 is 0.373 bits per heavy atom. The highest BCUT2D eigenvalue weighted by atomic mass is 16.3. The van der Waals surface area contributed by atoms with E-state index in [1.54, 1.807) is 0 Å². The molecule has 1 aromatic heterocycles. The van der Waals surface area contributed by atoms with Crippen LogP contribution in [0.25, 0.3) is 104 Å². The third-order valence-corrected chi connectivity index (χ3v) is 11.0. The van der Waals surface area contributed by atoms with Gasteiger partial charge in [-0.2, -0.15) is 0 Å². The summed E-state index contributed by atoms with van der Waals surface area (Å²) < 4.78 is 6.52. The first-order chi connectivity index (χ1) is 25.2. The van der Waals surface area contributed by atoms with Crippen molar-refractivity contribution in [3.8, 4) is 33.4 Å². The van der Waals surface area contributed by atoms with Gasteiger partial charge in [-0.25, -0.2) is 0 Å². The molecule has 238 valence electrons. The Kier molecular flexibility index (Phi) is 6.15. The van der Waals surface area contributed by atoms with Crippen molar-refractivity contribution in [2.24, 2.45) is 0 Å². The molecule has 1 aliphatic carbocycles. The molecule has 1 heteroatoms. The number of hydrogen-bond donors (Lipinski definition) is 0. The van der Waals surface area contributed by atoms with Gasteiger partial charge in [-0.05, 0) is 137 Å². The lowest BCUT2D eigenvalue weighted by Gasteiger charge is -2.20. The van der Waals surface area contributed by atoms with Gasteiger partial charge in [0.05, 0.1) is 0 Å². The average Bonchev–Trinajstić information content (AvgIpc) is 3.55. The van der Waals surface area contributed by atoms with Gasteiger partial charge in [0.2, 0.25) is 0 Å². The van der Waals surface area contributed by atoms with E-state index in [2.05, 4.69) is 170 Å². The Morgan fingerprint density at radius 2 is 0.961 bits per heavy atom. The van der Waals surface area contributed by atoms with Crippen LogP contribution in [0.3, 0.4) is 0 Å². The number of rotatable bonds is 3. The van der Waals surface area contributed by atoms with Crippen LogP contribution < -0.4 is 0 Å². The van der Waals surface area contributed by atoms with E-state index in [0.29, 0.717) is 0 Å². The van der Waals surface area contributed by atoms with Gasteiger partial charge >= 0.3 is 0 Å². The van der Waals surface area contributed by atoms with Crippen molar-refractivity contribution in [3.05, 3.63) is 175 Å². The highest BCUT2D eigenvalue weighted by Crippen LogP contribution is 2.46. The van der Waals surface area contributed by atoms with Crippen LogP contribution in [0.2, 0.25) is 0 Å². The topological polar surface area (TPSA) is 13.1 Å². The molecular weight excluding hydrogens is 617 g/mol. The van der Waals surface area contributed by atoms with Gasteiger partial charge in [-0.3, -0.25) is 0 Å². The van der Waals surface area contributed by atoms with Crippen LogP contribution >= 0.6 is 0 Å². The van der Waals surface area contributed by atoms with Crippen molar-refractivity contribution in [2.45, 2.75) is 12.8 Å². The van der Waals surface area contributed by atoms with Gasteiger partial charge in [0.15, 0.2) is 0 Å². The smallest absolute Gasteiger partial charge is 0.136 e. The van der Waals surface area contributed by atoms with E-state index in [9.17, 15) is 0 Å². The van der Waals surface area contributed by atoms with E-state index in [-0.39, 0.29) is 0 Å². The zero-order valence-electron chi connectivity index (χ0n) is 28.0. The fourth-order valence-corrected chi connectivity index (χ4v) is 8.56. The Morgan fingerprint density at radius 3 is 1.78 bits per heavy atom. The van der Waals surface area contributed by atoms with Crippen molar-refractivity contribution in [3.63, 3.8) is 0 Å². The normalized spacial score (nSPS) is 12.9. The molecule has 10 aromatic rings. The van der Waals surface area contributed by atoms with Crippen molar-refractivity contribution in [2.75, 3.05) is 0 Å². The van der Waals surface area contributed by atoms with Gasteiger partial charge in [0.25, 0.3) is 0 Å². The molecule has 0 saturated heterocycles. The van der Waals surface area contributed by atoms with E-state index in [4.69, 9.17) is 4.42 Å². The lowest BCUT2D eigenvalue weighted by Crippen LogP contribution is -1.96. The standard InChI is InChI=1S/C50H32O/c1-3-11-33-25-39(19-17-31(33)9-1)49-42-15-7-8-16-43(42)50(40-20-18-32-10-2-4-12-34(32)26-40)46-28-37(22-24-44(46)49)38-21-23-41-45-27-35-13-5-6-14-36(35)29-48(45)51-47(41)30-38/h1-3,5-11,13-30H,4,12H2. The molecule has 0 aliphatic heterocycles. The lowest BCUT2D eigenvalue weighted by molar-refractivity contribution is 0.669. The van der Waals surface area contributed by atoms with Crippen LogP contribution in [0.5, 0.6) is 0 Å². The lowest BCUT2D eigenvalue weighted by atomic mass is 9.83. The largest absolute Gasteiger partial charge is 0.456 e. The number of benzene rings is 9. The second-order valence-corrected chi connectivity index (χ2v) is 14.0. The first-order valence-electron chi connectivity index (χ1n) is 17.9. The molecule has 0 spiro atoms. The van der Waals surface area contributed by atoms with E-state index >= 15 is 0 Å². The molecule has 1 aliphatic rings. The highest BCUT2D eigenvalue weighted by molar-refractivity contribution is 6.22. The van der Waals surface area contributed by atoms with E-state index < -0.39 is 0 Å². The molecule has 0 fully saturated rings. The molecule has 0 bridgehead atoms. The summed E-state index contributed by atoms with van der Waals surface area (Å²) in [6.45, 7) is 0. The van der Waals surface area contributed by atoms with Crippen LogP contribution in [0.1, 0.15) is 17.5 Å². The third-order valence-electron chi connectivity index (χ3n) is 11.0. The second-order valence-electron chi connectivity index (χ2n) is 14.0. The zero-order chi connectivity index (χ0) is 33.5. The van der Waals surface area contributed by atoms with Gasteiger partial charge in [0.1, 0.15) is 11.2 Å². The monoisotopic (exact) mass is 648 g/mol. The van der Waals surface area contributed by atoms with Crippen molar-refractivity contribution in [1.29, 1.82) is 0 Å². The van der Waals surface area contributed by atoms with Crippen LogP contribution in [-0.4, -0.2) is 0 Å². The summed E-state index contributed by atoms with van der Waals surface area (Å²) in [7, 11) is 0. The molecule has 0 amide bonds. The van der Waals surface area contributed by atoms with E-state index in [1.807, 2.05) is 0 Å². The predicted octanol–water partition coefficient (Wildman–Crippen LogP) is 14.2. The molecule has 1 nitrogen and oxygen atoms in total. The maximum atomic E-state index is 6.52. The molecule has 0 radical (unpaired) electrons. The SMILES string of the molecule is C1=Cc2ccc(-c3c4ccccc4c(-c4ccc5ccccc5c4)c4ccc(-c5ccc6c(c5)oc5cc7ccccc7cc56)cc34)cc2CC1. The molecule has 0 atom stereocenters. The predicted molar refractivity (Wildman–Crippen MR) is 217 cm³/mol. The van der Waals surface area contributed by atoms with Gasteiger partial charge in [-0.1, -0.05) is 133 Å². The molecular formula is C50H32O. The summed E-state index contributed by atoms with van der Waals surface area (Å²) in [6, 6.07) is 58.3.